The highest BCUT2D eigenvalue weighted by atomic mass is 16.5. The first kappa shape index (κ1) is 14.3. The van der Waals surface area contributed by atoms with Crippen molar-refractivity contribution in [3.05, 3.63) is 54.6 Å². The molecule has 106 valence electrons. The molecule has 2 aromatic rings. The average molecular weight is 272 g/mol. The Bertz CT molecular complexity index is 509. The summed E-state index contributed by atoms with van der Waals surface area (Å²) in [6.45, 7) is 2.43. The van der Waals surface area contributed by atoms with Crippen molar-refractivity contribution in [2.75, 3.05) is 0 Å². The Kier molecular flexibility index (Phi) is 5.35. The van der Waals surface area contributed by atoms with E-state index in [1.165, 1.54) is 0 Å². The lowest BCUT2D eigenvalue weighted by atomic mass is 10.1. The van der Waals surface area contributed by atoms with E-state index in [2.05, 4.69) is 11.9 Å². The maximum Gasteiger partial charge on any atom is 0.329 e. The summed E-state index contributed by atoms with van der Waals surface area (Å²) in [5, 5.41) is 0. The summed E-state index contributed by atoms with van der Waals surface area (Å²) in [7, 11) is 0. The number of ether oxygens (including phenoxy) is 1. The van der Waals surface area contributed by atoms with Crippen LogP contribution in [0.1, 0.15) is 37.8 Å². The molecule has 0 fully saturated rings. The van der Waals surface area contributed by atoms with Gasteiger partial charge in [-0.25, -0.2) is 9.78 Å². The van der Waals surface area contributed by atoms with Gasteiger partial charge in [-0.15, -0.1) is 0 Å². The van der Waals surface area contributed by atoms with E-state index in [0.29, 0.717) is 6.61 Å². The molecular weight excluding hydrogens is 252 g/mol. The second-order valence-electron chi connectivity index (χ2n) is 4.76. The van der Waals surface area contributed by atoms with Gasteiger partial charge >= 0.3 is 5.97 Å². The first-order chi connectivity index (χ1) is 9.81. The van der Waals surface area contributed by atoms with Crippen LogP contribution < -0.4 is 0 Å². The Morgan fingerprint density at radius 3 is 2.80 bits per heavy atom. The standard InChI is InChI=1S/C16H20N2O2/c1-2-3-9-15(18-11-10-17-13-18)16(19)20-12-14-7-5-4-6-8-14/h4-8,10-11,13,15H,2-3,9,12H2,1H3. The van der Waals surface area contributed by atoms with Crippen molar-refractivity contribution in [1.29, 1.82) is 0 Å². The molecule has 0 aliphatic heterocycles. The molecule has 0 radical (unpaired) electrons. The molecule has 2 rings (SSSR count). The van der Waals surface area contributed by atoms with E-state index in [4.69, 9.17) is 4.74 Å². The Labute approximate surface area is 119 Å². The van der Waals surface area contributed by atoms with E-state index >= 15 is 0 Å². The van der Waals surface area contributed by atoms with Gasteiger partial charge in [0.05, 0.1) is 6.33 Å². The number of carbonyl (C=O) groups is 1. The van der Waals surface area contributed by atoms with Crippen molar-refractivity contribution in [2.24, 2.45) is 0 Å². The zero-order chi connectivity index (χ0) is 14.2. The number of hydrogen-bond acceptors (Lipinski definition) is 3. The number of imidazole rings is 1. The van der Waals surface area contributed by atoms with Gasteiger partial charge in [0.25, 0.3) is 0 Å². The molecule has 1 atom stereocenters. The van der Waals surface area contributed by atoms with Crippen LogP contribution in [0, 0.1) is 0 Å². The minimum absolute atomic E-state index is 0.194. The van der Waals surface area contributed by atoms with Gasteiger partial charge in [0.15, 0.2) is 0 Å². The number of hydrogen-bond donors (Lipinski definition) is 0. The number of unbranched alkanes of at least 4 members (excludes halogenated alkanes) is 1. The second-order valence-corrected chi connectivity index (χ2v) is 4.76. The van der Waals surface area contributed by atoms with Crippen LogP contribution in [0.2, 0.25) is 0 Å². The predicted octanol–water partition coefficient (Wildman–Crippen LogP) is 3.36. The fourth-order valence-corrected chi connectivity index (χ4v) is 2.06. The third kappa shape index (κ3) is 3.95. The Morgan fingerprint density at radius 1 is 1.35 bits per heavy atom. The molecule has 0 bridgehead atoms. The summed E-state index contributed by atoms with van der Waals surface area (Å²) in [4.78, 5) is 16.3. The molecule has 1 unspecified atom stereocenters. The maximum absolute atomic E-state index is 12.2. The number of rotatable bonds is 7. The molecule has 0 spiro atoms. The molecule has 0 amide bonds. The third-order valence-corrected chi connectivity index (χ3v) is 3.21. The fourth-order valence-electron chi connectivity index (χ4n) is 2.06. The number of aromatic nitrogens is 2. The molecule has 0 saturated heterocycles. The normalized spacial score (nSPS) is 12.1. The summed E-state index contributed by atoms with van der Waals surface area (Å²) < 4.78 is 7.25. The highest BCUT2D eigenvalue weighted by molar-refractivity contribution is 5.74. The van der Waals surface area contributed by atoms with Gasteiger partial charge in [-0.1, -0.05) is 50.1 Å². The van der Waals surface area contributed by atoms with Crippen molar-refractivity contribution in [1.82, 2.24) is 9.55 Å². The zero-order valence-electron chi connectivity index (χ0n) is 11.7. The molecule has 1 aromatic carbocycles. The molecule has 0 aliphatic carbocycles. The van der Waals surface area contributed by atoms with Gasteiger partial charge < -0.3 is 9.30 Å². The van der Waals surface area contributed by atoms with Gasteiger partial charge in [-0.2, -0.15) is 0 Å². The van der Waals surface area contributed by atoms with Crippen molar-refractivity contribution in [3.8, 4) is 0 Å². The van der Waals surface area contributed by atoms with E-state index in [1.54, 1.807) is 12.5 Å². The molecule has 0 saturated carbocycles. The molecule has 4 heteroatoms. The summed E-state index contributed by atoms with van der Waals surface area (Å²) in [6.07, 6.45) is 7.98. The van der Waals surface area contributed by atoms with Crippen LogP contribution in [0.5, 0.6) is 0 Å². The molecule has 1 aromatic heterocycles. The molecular formula is C16H20N2O2. The smallest absolute Gasteiger partial charge is 0.329 e. The minimum Gasteiger partial charge on any atom is -0.459 e. The van der Waals surface area contributed by atoms with Gasteiger partial charge in [-0.05, 0) is 12.0 Å². The number of nitrogens with zero attached hydrogens (tertiary/aromatic N) is 2. The first-order valence-electron chi connectivity index (χ1n) is 6.99. The van der Waals surface area contributed by atoms with E-state index in [9.17, 15) is 4.79 Å². The Balaban J connectivity index is 1.96. The second kappa shape index (κ2) is 7.48. The van der Waals surface area contributed by atoms with Crippen LogP contribution in [0.15, 0.2) is 49.1 Å². The van der Waals surface area contributed by atoms with Crippen LogP contribution >= 0.6 is 0 Å². The predicted molar refractivity (Wildman–Crippen MR) is 77.0 cm³/mol. The maximum atomic E-state index is 12.2. The summed E-state index contributed by atoms with van der Waals surface area (Å²) in [5.74, 6) is -0.194. The van der Waals surface area contributed by atoms with E-state index in [0.717, 1.165) is 24.8 Å². The first-order valence-corrected chi connectivity index (χ1v) is 6.99. The number of carbonyl (C=O) groups excluding carboxylic acids is 1. The van der Waals surface area contributed by atoms with Crippen molar-refractivity contribution >= 4 is 5.97 Å². The topological polar surface area (TPSA) is 44.1 Å². The average Bonchev–Trinajstić information content (AvgIpc) is 3.01. The highest BCUT2D eigenvalue weighted by Crippen LogP contribution is 2.17. The van der Waals surface area contributed by atoms with Crippen LogP contribution in [-0.4, -0.2) is 15.5 Å². The molecule has 0 N–H and O–H groups in total. The minimum atomic E-state index is -0.277. The van der Waals surface area contributed by atoms with Crippen molar-refractivity contribution in [3.63, 3.8) is 0 Å². The van der Waals surface area contributed by atoms with E-state index < -0.39 is 0 Å². The molecule has 0 aliphatic rings. The molecule has 20 heavy (non-hydrogen) atoms. The van der Waals surface area contributed by atoms with Crippen LogP contribution in [-0.2, 0) is 16.1 Å². The van der Waals surface area contributed by atoms with E-state index in [-0.39, 0.29) is 12.0 Å². The quantitative estimate of drug-likeness (QED) is 0.726. The van der Waals surface area contributed by atoms with Gasteiger partial charge in [0.1, 0.15) is 12.6 Å². The third-order valence-electron chi connectivity index (χ3n) is 3.21. The van der Waals surface area contributed by atoms with Crippen molar-refractivity contribution < 1.29 is 9.53 Å². The van der Waals surface area contributed by atoms with Gasteiger partial charge in [-0.3, -0.25) is 0 Å². The summed E-state index contributed by atoms with van der Waals surface area (Å²) in [6, 6.07) is 9.44. The lowest BCUT2D eigenvalue weighted by molar-refractivity contribution is -0.149. The fraction of sp³-hybridized carbons (Fsp3) is 0.375. The van der Waals surface area contributed by atoms with Crippen LogP contribution in [0.3, 0.4) is 0 Å². The van der Waals surface area contributed by atoms with E-state index in [1.807, 2.05) is 41.1 Å². The molecule has 1 heterocycles. The van der Waals surface area contributed by atoms with Crippen molar-refractivity contribution in [2.45, 2.75) is 38.8 Å². The molecule has 4 nitrogen and oxygen atoms in total. The monoisotopic (exact) mass is 272 g/mol. The largest absolute Gasteiger partial charge is 0.459 e. The number of esters is 1. The Hall–Kier alpha value is -2.10. The highest BCUT2D eigenvalue weighted by Gasteiger charge is 2.20. The lowest BCUT2D eigenvalue weighted by Gasteiger charge is -2.17. The lowest BCUT2D eigenvalue weighted by Crippen LogP contribution is -2.21. The van der Waals surface area contributed by atoms with Crippen LogP contribution in [0.4, 0.5) is 0 Å². The van der Waals surface area contributed by atoms with Gasteiger partial charge in [0.2, 0.25) is 0 Å². The summed E-state index contributed by atoms with van der Waals surface area (Å²) in [5.41, 5.74) is 1.00. The zero-order valence-corrected chi connectivity index (χ0v) is 11.7. The Morgan fingerprint density at radius 2 is 2.15 bits per heavy atom. The number of benzene rings is 1. The summed E-state index contributed by atoms with van der Waals surface area (Å²) >= 11 is 0. The van der Waals surface area contributed by atoms with Gasteiger partial charge in [0, 0.05) is 12.4 Å². The van der Waals surface area contributed by atoms with Crippen LogP contribution in [0.25, 0.3) is 0 Å². The SMILES string of the molecule is CCCCC(C(=O)OCc1ccccc1)n1ccnc1.